The van der Waals surface area contributed by atoms with E-state index in [1.807, 2.05) is 4.90 Å². The Morgan fingerprint density at radius 1 is 1.50 bits per heavy atom. The zero-order chi connectivity index (χ0) is 12.3. The van der Waals surface area contributed by atoms with Gasteiger partial charge in [-0.2, -0.15) is 0 Å². The van der Waals surface area contributed by atoms with Gasteiger partial charge in [0.05, 0.1) is 0 Å². The van der Waals surface area contributed by atoms with Crippen molar-refractivity contribution in [3.8, 4) is 0 Å². The highest BCUT2D eigenvalue weighted by molar-refractivity contribution is 9.10. The number of likely N-dealkylation sites (tertiary alicyclic amines) is 1. The van der Waals surface area contributed by atoms with Crippen molar-refractivity contribution in [1.29, 1.82) is 0 Å². The molecule has 1 aromatic heterocycles. The second kappa shape index (κ2) is 7.16. The first kappa shape index (κ1) is 15.5. The van der Waals surface area contributed by atoms with Crippen LogP contribution in [0.4, 0.5) is 0 Å². The molecule has 2 heterocycles. The van der Waals surface area contributed by atoms with Crippen LogP contribution in [0.1, 0.15) is 36.2 Å². The molecule has 102 valence electrons. The van der Waals surface area contributed by atoms with E-state index in [1.165, 1.54) is 6.42 Å². The molecule has 0 saturated carbocycles. The molecule has 1 aliphatic rings. The maximum Gasteiger partial charge on any atom is 0.289 e. The molecule has 1 fully saturated rings. The Morgan fingerprint density at radius 3 is 2.89 bits per heavy atom. The Hall–Kier alpha value is -0.520. The van der Waals surface area contributed by atoms with Crippen molar-refractivity contribution in [3.63, 3.8) is 0 Å². The molecule has 6 heteroatoms. The van der Waals surface area contributed by atoms with Crippen LogP contribution in [-0.4, -0.2) is 29.9 Å². The Balaban J connectivity index is 0.00000162. The molecule has 2 N–H and O–H groups in total. The number of furan rings is 1. The minimum absolute atomic E-state index is 0. The van der Waals surface area contributed by atoms with Gasteiger partial charge in [-0.3, -0.25) is 4.79 Å². The summed E-state index contributed by atoms with van der Waals surface area (Å²) in [5.74, 6) is 0.384. The second-order valence-corrected chi connectivity index (χ2v) is 5.11. The lowest BCUT2D eigenvalue weighted by Crippen LogP contribution is -2.44. The van der Waals surface area contributed by atoms with Crippen LogP contribution < -0.4 is 5.73 Å². The number of nitrogens with zero attached hydrogens (tertiary/aromatic N) is 1. The van der Waals surface area contributed by atoms with Gasteiger partial charge in [0.1, 0.15) is 0 Å². The van der Waals surface area contributed by atoms with E-state index < -0.39 is 0 Å². The lowest BCUT2D eigenvalue weighted by molar-refractivity contribution is 0.0571. The Bertz CT molecular complexity index is 395. The average Bonchev–Trinajstić information content (AvgIpc) is 2.76. The predicted octanol–water partition coefficient (Wildman–Crippen LogP) is 2.81. The summed E-state index contributed by atoms with van der Waals surface area (Å²) < 4.78 is 5.91. The molecule has 0 aromatic carbocycles. The van der Waals surface area contributed by atoms with E-state index in [2.05, 4.69) is 15.9 Å². The fourth-order valence-corrected chi connectivity index (χ4v) is 2.64. The number of carbonyl (C=O) groups is 1. The van der Waals surface area contributed by atoms with Crippen molar-refractivity contribution in [2.75, 3.05) is 13.1 Å². The van der Waals surface area contributed by atoms with Crippen LogP contribution >= 0.6 is 28.3 Å². The molecule has 18 heavy (non-hydrogen) atoms. The first-order valence-corrected chi connectivity index (χ1v) is 6.78. The lowest BCUT2D eigenvalue weighted by Gasteiger charge is -2.35. The van der Waals surface area contributed by atoms with E-state index in [4.69, 9.17) is 10.2 Å². The van der Waals surface area contributed by atoms with Crippen LogP contribution in [-0.2, 0) is 0 Å². The van der Waals surface area contributed by atoms with Crippen LogP contribution in [0.2, 0.25) is 0 Å². The number of carbonyl (C=O) groups excluding carboxylic acids is 1. The summed E-state index contributed by atoms with van der Waals surface area (Å²) in [5, 5.41) is 0. The normalized spacial score (nSPS) is 19.4. The Labute approximate surface area is 121 Å². The Morgan fingerprint density at radius 2 is 2.28 bits per heavy atom. The SMILES string of the molecule is Cl.NCCC1CCCCN1C(=O)c1ccc(Br)o1. The minimum Gasteiger partial charge on any atom is -0.444 e. The minimum atomic E-state index is -0.0196. The third kappa shape index (κ3) is 3.49. The highest BCUT2D eigenvalue weighted by Gasteiger charge is 2.28. The molecule has 0 radical (unpaired) electrons. The monoisotopic (exact) mass is 336 g/mol. The van der Waals surface area contributed by atoms with E-state index >= 15 is 0 Å². The van der Waals surface area contributed by atoms with Gasteiger partial charge in [-0.1, -0.05) is 0 Å². The van der Waals surface area contributed by atoms with E-state index in [9.17, 15) is 4.79 Å². The van der Waals surface area contributed by atoms with Crippen molar-refractivity contribution in [2.24, 2.45) is 5.73 Å². The van der Waals surface area contributed by atoms with Crippen LogP contribution in [0.25, 0.3) is 0 Å². The maximum atomic E-state index is 12.3. The van der Waals surface area contributed by atoms with Gasteiger partial charge < -0.3 is 15.1 Å². The van der Waals surface area contributed by atoms with Gasteiger partial charge in [0.2, 0.25) is 0 Å². The summed E-state index contributed by atoms with van der Waals surface area (Å²) in [7, 11) is 0. The van der Waals surface area contributed by atoms with Crippen molar-refractivity contribution in [1.82, 2.24) is 4.90 Å². The molecular weight excluding hydrogens is 320 g/mol. The van der Waals surface area contributed by atoms with Gasteiger partial charge in [-0.15, -0.1) is 12.4 Å². The van der Waals surface area contributed by atoms with E-state index in [0.29, 0.717) is 17.0 Å². The molecule has 0 bridgehead atoms. The predicted molar refractivity (Wildman–Crippen MR) is 76.0 cm³/mol. The standard InChI is InChI=1S/C12H17BrN2O2.ClH/c13-11-5-4-10(17-11)12(16)15-8-2-1-3-9(15)6-7-14;/h4-5,9H,1-3,6-8,14H2;1H. The summed E-state index contributed by atoms with van der Waals surface area (Å²) in [6.07, 6.45) is 4.16. The van der Waals surface area contributed by atoms with Crippen LogP contribution in [0.15, 0.2) is 21.2 Å². The molecule has 0 aliphatic carbocycles. The third-order valence-corrected chi connectivity index (χ3v) is 3.60. The maximum absolute atomic E-state index is 12.3. The average molecular weight is 338 g/mol. The number of nitrogens with two attached hydrogens (primary N) is 1. The van der Waals surface area contributed by atoms with Gasteiger partial charge in [0, 0.05) is 12.6 Å². The van der Waals surface area contributed by atoms with Crippen molar-refractivity contribution in [3.05, 3.63) is 22.6 Å². The first-order valence-electron chi connectivity index (χ1n) is 5.98. The molecule has 1 aromatic rings. The van der Waals surface area contributed by atoms with E-state index in [0.717, 1.165) is 25.8 Å². The number of hydrogen-bond acceptors (Lipinski definition) is 3. The molecule has 4 nitrogen and oxygen atoms in total. The van der Waals surface area contributed by atoms with Crippen LogP contribution in [0.5, 0.6) is 0 Å². The Kier molecular flexibility index (Phi) is 6.18. The second-order valence-electron chi connectivity index (χ2n) is 4.33. The quantitative estimate of drug-likeness (QED) is 0.922. The van der Waals surface area contributed by atoms with Gasteiger partial charge in [-0.25, -0.2) is 0 Å². The third-order valence-electron chi connectivity index (χ3n) is 3.17. The highest BCUT2D eigenvalue weighted by Crippen LogP contribution is 2.23. The van der Waals surface area contributed by atoms with Crippen molar-refractivity contribution in [2.45, 2.75) is 31.7 Å². The molecular formula is C12H18BrClN2O2. The largest absolute Gasteiger partial charge is 0.444 e. The number of halogens is 2. The summed E-state index contributed by atoms with van der Waals surface area (Å²) in [5.41, 5.74) is 5.60. The van der Waals surface area contributed by atoms with Crippen molar-refractivity contribution >= 4 is 34.2 Å². The first-order chi connectivity index (χ1) is 8.22. The molecule has 0 spiro atoms. The number of amides is 1. The van der Waals surface area contributed by atoms with Gasteiger partial charge in [-0.05, 0) is 60.3 Å². The number of rotatable bonds is 3. The highest BCUT2D eigenvalue weighted by atomic mass is 79.9. The zero-order valence-corrected chi connectivity index (χ0v) is 12.5. The summed E-state index contributed by atoms with van der Waals surface area (Å²) in [6, 6.07) is 3.72. The fourth-order valence-electron chi connectivity index (χ4n) is 2.33. The smallest absolute Gasteiger partial charge is 0.289 e. The molecule has 1 unspecified atom stereocenters. The topological polar surface area (TPSA) is 59.5 Å². The fraction of sp³-hybridized carbons (Fsp3) is 0.583. The molecule has 1 saturated heterocycles. The van der Waals surface area contributed by atoms with E-state index in [-0.39, 0.29) is 24.4 Å². The summed E-state index contributed by atoms with van der Waals surface area (Å²) in [4.78, 5) is 14.2. The van der Waals surface area contributed by atoms with Gasteiger partial charge >= 0.3 is 0 Å². The number of hydrogen-bond donors (Lipinski definition) is 1. The molecule has 1 aliphatic heterocycles. The zero-order valence-electron chi connectivity index (χ0n) is 10.1. The lowest BCUT2D eigenvalue weighted by atomic mass is 9.99. The molecule has 2 rings (SSSR count). The van der Waals surface area contributed by atoms with E-state index in [1.54, 1.807) is 12.1 Å². The molecule has 1 atom stereocenters. The van der Waals surface area contributed by atoms with Crippen molar-refractivity contribution < 1.29 is 9.21 Å². The van der Waals surface area contributed by atoms with Crippen LogP contribution in [0.3, 0.4) is 0 Å². The van der Waals surface area contributed by atoms with Gasteiger partial charge in [0.15, 0.2) is 10.4 Å². The van der Waals surface area contributed by atoms with Crippen LogP contribution in [0, 0.1) is 0 Å². The number of piperidine rings is 1. The molecule has 1 amide bonds. The summed E-state index contributed by atoms with van der Waals surface area (Å²) >= 11 is 3.21. The van der Waals surface area contributed by atoms with Gasteiger partial charge in [0.25, 0.3) is 5.91 Å². The summed E-state index contributed by atoms with van der Waals surface area (Å²) in [6.45, 7) is 1.43.